The van der Waals surface area contributed by atoms with Crippen molar-refractivity contribution in [2.24, 2.45) is 23.7 Å². The van der Waals surface area contributed by atoms with Crippen molar-refractivity contribution in [3.05, 3.63) is 23.8 Å². The van der Waals surface area contributed by atoms with E-state index in [-0.39, 0.29) is 36.2 Å². The number of carbonyl (C=O) groups is 2. The van der Waals surface area contributed by atoms with Gasteiger partial charge in [-0.25, -0.2) is 0 Å². The van der Waals surface area contributed by atoms with Crippen LogP contribution in [0.2, 0.25) is 0 Å². The topological polar surface area (TPSA) is 134 Å². The van der Waals surface area contributed by atoms with Crippen LogP contribution in [-0.2, 0) is 19.1 Å². The Morgan fingerprint density at radius 1 is 0.875 bits per heavy atom. The first-order valence-corrected chi connectivity index (χ1v) is 15.1. The summed E-state index contributed by atoms with van der Waals surface area (Å²) in [6, 6.07) is 0. The number of carbonyl (C=O) groups excluding carboxylic acids is 2. The Hall–Kier alpha value is -1.58. The van der Waals surface area contributed by atoms with Gasteiger partial charge in [-0.15, -0.1) is 0 Å². The van der Waals surface area contributed by atoms with E-state index in [0.29, 0.717) is 38.5 Å². The van der Waals surface area contributed by atoms with Crippen LogP contribution < -0.4 is 0 Å². The van der Waals surface area contributed by atoms with Gasteiger partial charge in [0, 0.05) is 6.42 Å². The zero-order valence-corrected chi connectivity index (χ0v) is 25.6. The predicted octanol–water partition coefficient (Wildman–Crippen LogP) is 4.27. The zero-order valence-electron chi connectivity index (χ0n) is 25.6. The van der Waals surface area contributed by atoms with Crippen molar-refractivity contribution in [3.8, 4) is 0 Å². The summed E-state index contributed by atoms with van der Waals surface area (Å²) in [5.41, 5.74) is 0.580. The van der Waals surface area contributed by atoms with Crippen LogP contribution >= 0.6 is 0 Å². The molecule has 2 aliphatic heterocycles. The quantitative estimate of drug-likeness (QED) is 0.252. The van der Waals surface area contributed by atoms with Crippen LogP contribution in [0.4, 0.5) is 0 Å². The van der Waals surface area contributed by atoms with Crippen molar-refractivity contribution in [1.82, 2.24) is 0 Å². The number of hydrogen-bond acceptors (Lipinski definition) is 8. The fourth-order valence-corrected chi connectivity index (χ4v) is 6.10. The first-order chi connectivity index (χ1) is 18.6. The number of rotatable bonds is 0. The maximum absolute atomic E-state index is 12.9. The molecule has 0 aliphatic carbocycles. The highest BCUT2D eigenvalue weighted by atomic mass is 16.5. The van der Waals surface area contributed by atoms with Crippen LogP contribution in [0.15, 0.2) is 23.8 Å². The van der Waals surface area contributed by atoms with E-state index in [4.69, 9.17) is 9.47 Å². The summed E-state index contributed by atoms with van der Waals surface area (Å²) >= 11 is 0. The average molecular weight is 567 g/mol. The van der Waals surface area contributed by atoms with Gasteiger partial charge in [0.2, 0.25) is 0 Å². The van der Waals surface area contributed by atoms with Crippen molar-refractivity contribution in [1.29, 1.82) is 0 Å². The van der Waals surface area contributed by atoms with Gasteiger partial charge in [-0.1, -0.05) is 51.5 Å². The monoisotopic (exact) mass is 566 g/mol. The number of ether oxygens (including phenoxy) is 2. The second-order valence-corrected chi connectivity index (χ2v) is 13.0. The average Bonchev–Trinajstić information content (AvgIpc) is 3.12. The lowest BCUT2D eigenvalue weighted by molar-refractivity contribution is -0.155. The molecular weight excluding hydrogens is 512 g/mol. The van der Waals surface area contributed by atoms with Gasteiger partial charge in [0.15, 0.2) is 5.78 Å². The van der Waals surface area contributed by atoms with Crippen LogP contribution in [0.5, 0.6) is 0 Å². The van der Waals surface area contributed by atoms with Crippen LogP contribution in [-0.4, -0.2) is 74.4 Å². The molecule has 1 unspecified atom stereocenters. The fraction of sp³-hybridized carbons (Fsp3) is 0.812. The van der Waals surface area contributed by atoms with Crippen LogP contribution in [0.25, 0.3) is 0 Å². The van der Waals surface area contributed by atoms with Gasteiger partial charge in [-0.05, 0) is 83.5 Å². The summed E-state index contributed by atoms with van der Waals surface area (Å²) in [5.74, 6) is -1.28. The molecule has 2 aliphatic rings. The van der Waals surface area contributed by atoms with Gasteiger partial charge >= 0.3 is 5.97 Å². The number of fused-ring (bicyclic) bond motifs is 2. The van der Waals surface area contributed by atoms with E-state index in [1.165, 1.54) is 0 Å². The minimum Gasteiger partial charge on any atom is -0.462 e. The maximum Gasteiger partial charge on any atom is 0.308 e. The van der Waals surface area contributed by atoms with E-state index in [2.05, 4.69) is 19.9 Å². The third kappa shape index (κ3) is 10.7. The number of ketones is 1. The maximum atomic E-state index is 12.9. The van der Waals surface area contributed by atoms with Gasteiger partial charge in [0.1, 0.15) is 6.10 Å². The smallest absolute Gasteiger partial charge is 0.308 e. The lowest BCUT2D eigenvalue weighted by atomic mass is 9.85. The first kappa shape index (κ1) is 34.6. The molecule has 0 saturated carbocycles. The summed E-state index contributed by atoms with van der Waals surface area (Å²) in [4.78, 5) is 25.5. The number of aliphatic hydroxyl groups is 4. The van der Waals surface area contributed by atoms with Crippen molar-refractivity contribution in [3.63, 3.8) is 0 Å². The summed E-state index contributed by atoms with van der Waals surface area (Å²) in [6.07, 6.45) is 4.30. The van der Waals surface area contributed by atoms with Crippen LogP contribution in [0.1, 0.15) is 99.8 Å². The van der Waals surface area contributed by atoms with Crippen LogP contribution in [0.3, 0.4) is 0 Å². The normalized spacial score (nSPS) is 44.5. The zero-order chi connectivity index (χ0) is 30.2. The van der Waals surface area contributed by atoms with E-state index in [9.17, 15) is 30.0 Å². The Labute approximate surface area is 240 Å². The van der Waals surface area contributed by atoms with Crippen molar-refractivity contribution in [2.75, 3.05) is 0 Å². The predicted molar refractivity (Wildman–Crippen MR) is 154 cm³/mol. The molecule has 0 amide bonds. The summed E-state index contributed by atoms with van der Waals surface area (Å²) in [6.45, 7) is 13.5. The minimum absolute atomic E-state index is 0.0145. The molecule has 11 atom stereocenters. The molecule has 0 aromatic carbocycles. The van der Waals surface area contributed by atoms with Crippen molar-refractivity contribution < 1.29 is 39.5 Å². The SMILES string of the molecule is C/C1=C\[C@@]2(C)O[C@@H](CC(=O)[C@H](O)[C@@H](O)[C@H](C)C[C@H](C)OC(=O)[C@H](C)CCCC(O)/C=C/[C@@H](O)C[C@H](C)C1)C[C@@H]2C. The number of aliphatic hydroxyl groups excluding tert-OH is 4. The van der Waals surface area contributed by atoms with Gasteiger partial charge in [0.05, 0.1) is 42.0 Å². The second-order valence-electron chi connectivity index (χ2n) is 13.0. The molecule has 4 N–H and O–H groups in total. The van der Waals surface area contributed by atoms with E-state index >= 15 is 0 Å². The molecule has 2 rings (SSSR count). The third-order valence-corrected chi connectivity index (χ3v) is 8.64. The fourth-order valence-electron chi connectivity index (χ4n) is 6.10. The van der Waals surface area contributed by atoms with E-state index in [0.717, 1.165) is 12.0 Å². The van der Waals surface area contributed by atoms with E-state index in [1.54, 1.807) is 32.9 Å². The molecule has 8 nitrogen and oxygen atoms in total. The van der Waals surface area contributed by atoms with Gasteiger partial charge in [0.25, 0.3) is 0 Å². The molecule has 2 heterocycles. The van der Waals surface area contributed by atoms with Gasteiger partial charge in [-0.2, -0.15) is 0 Å². The molecule has 1 saturated heterocycles. The number of Topliss-reactive ketones (excluding diaryl/α,β-unsaturated/α-hetero) is 1. The molecule has 0 aromatic rings. The lowest BCUT2D eigenvalue weighted by Crippen LogP contribution is -2.41. The Kier molecular flexibility index (Phi) is 13.5. The highest BCUT2D eigenvalue weighted by molar-refractivity contribution is 5.84. The van der Waals surface area contributed by atoms with E-state index < -0.39 is 47.8 Å². The number of allylic oxidation sites excluding steroid dienone is 1. The molecule has 40 heavy (non-hydrogen) atoms. The Bertz CT molecular complexity index is 884. The summed E-state index contributed by atoms with van der Waals surface area (Å²) in [7, 11) is 0. The van der Waals surface area contributed by atoms with E-state index in [1.807, 2.05) is 13.8 Å². The van der Waals surface area contributed by atoms with Gasteiger partial charge < -0.3 is 29.9 Å². The van der Waals surface area contributed by atoms with Gasteiger partial charge in [-0.3, -0.25) is 9.59 Å². The number of cyclic esters (lactones) is 1. The summed E-state index contributed by atoms with van der Waals surface area (Å²) < 4.78 is 11.9. The highest BCUT2D eigenvalue weighted by Gasteiger charge is 2.43. The molecule has 8 heteroatoms. The van der Waals surface area contributed by atoms with Crippen molar-refractivity contribution in [2.45, 2.75) is 142 Å². The third-order valence-electron chi connectivity index (χ3n) is 8.64. The number of hydrogen-bond donors (Lipinski definition) is 4. The Balaban J connectivity index is 2.18. The molecular formula is C32H54O8. The molecule has 230 valence electrons. The highest BCUT2D eigenvalue weighted by Crippen LogP contribution is 2.39. The largest absolute Gasteiger partial charge is 0.462 e. The Morgan fingerprint density at radius 3 is 2.20 bits per heavy atom. The number of esters is 1. The molecule has 2 bridgehead atoms. The molecule has 0 aromatic heterocycles. The first-order valence-electron chi connectivity index (χ1n) is 15.1. The minimum atomic E-state index is -1.54. The van der Waals surface area contributed by atoms with Crippen molar-refractivity contribution >= 4 is 11.8 Å². The molecule has 1 fully saturated rings. The standard InChI is InChI=1S/C32H54O8/c1-19-13-20(2)18-32(7)23(5)16-27(40-32)17-28(35)30(37)29(36)22(4)15-24(6)39-31(38)21(3)9-8-10-25(33)11-12-26(34)14-19/h11-12,18-19,21-27,29-30,33-34,36-37H,8-10,13-17H2,1-7H3/b12-11+,20-18+/t19-,21-,22-,23+,24+,25?,26-,27-,29+,30+,32-/m1/s1. The summed E-state index contributed by atoms with van der Waals surface area (Å²) in [5, 5.41) is 42.2. The Morgan fingerprint density at radius 2 is 1.52 bits per heavy atom. The molecule has 0 radical (unpaired) electrons. The molecule has 0 spiro atoms. The lowest BCUT2D eigenvalue weighted by Gasteiger charge is -2.28. The van der Waals surface area contributed by atoms with Crippen LogP contribution in [0, 0.1) is 23.7 Å². The second kappa shape index (κ2) is 15.6.